The molecular formula is C19H14F4N4. The molecule has 3 heterocycles. The molecule has 0 bridgehead atoms. The molecule has 1 aliphatic heterocycles. The van der Waals surface area contributed by atoms with Crippen molar-refractivity contribution < 1.29 is 17.6 Å². The Balaban J connectivity index is 1.75. The second-order valence-corrected chi connectivity index (χ2v) is 6.25. The molecule has 3 aromatic rings. The molecule has 0 saturated carbocycles. The third-order valence-corrected chi connectivity index (χ3v) is 4.45. The van der Waals surface area contributed by atoms with Gasteiger partial charge in [-0.25, -0.2) is 14.4 Å². The largest absolute Gasteiger partial charge is 0.433 e. The van der Waals surface area contributed by atoms with Crippen LogP contribution in [-0.4, -0.2) is 21.5 Å². The molecule has 0 unspecified atom stereocenters. The van der Waals surface area contributed by atoms with Crippen LogP contribution in [0, 0.1) is 5.82 Å². The van der Waals surface area contributed by atoms with Gasteiger partial charge in [-0.05, 0) is 41.8 Å². The number of nitrogens with zero attached hydrogens (tertiary/aromatic N) is 4. The summed E-state index contributed by atoms with van der Waals surface area (Å²) in [4.78, 5) is 13.6. The summed E-state index contributed by atoms with van der Waals surface area (Å²) in [5, 5.41) is 0. The van der Waals surface area contributed by atoms with E-state index in [4.69, 9.17) is 0 Å². The molecule has 0 spiro atoms. The molecule has 0 atom stereocenters. The van der Waals surface area contributed by atoms with Gasteiger partial charge in [-0.2, -0.15) is 13.2 Å². The van der Waals surface area contributed by atoms with Crippen LogP contribution in [0.5, 0.6) is 0 Å². The molecule has 0 radical (unpaired) electrons. The third kappa shape index (κ3) is 3.60. The van der Waals surface area contributed by atoms with Crippen molar-refractivity contribution in [2.24, 2.45) is 0 Å². The monoisotopic (exact) mass is 374 g/mol. The summed E-state index contributed by atoms with van der Waals surface area (Å²) in [6.45, 7) is 0.806. The van der Waals surface area contributed by atoms with Crippen LogP contribution >= 0.6 is 0 Å². The van der Waals surface area contributed by atoms with Crippen LogP contribution in [0.4, 0.5) is 23.4 Å². The van der Waals surface area contributed by atoms with Crippen molar-refractivity contribution in [3.05, 3.63) is 71.4 Å². The molecule has 27 heavy (non-hydrogen) atoms. The summed E-state index contributed by atoms with van der Waals surface area (Å²) in [6.07, 6.45) is -1.10. The fourth-order valence-corrected chi connectivity index (χ4v) is 3.09. The van der Waals surface area contributed by atoms with Crippen molar-refractivity contribution in [3.63, 3.8) is 0 Å². The van der Waals surface area contributed by atoms with E-state index in [0.717, 1.165) is 17.2 Å². The number of halogens is 4. The van der Waals surface area contributed by atoms with E-state index < -0.39 is 11.9 Å². The van der Waals surface area contributed by atoms with E-state index in [2.05, 4.69) is 15.0 Å². The van der Waals surface area contributed by atoms with Crippen LogP contribution in [0.2, 0.25) is 0 Å². The highest BCUT2D eigenvalue weighted by atomic mass is 19.4. The Morgan fingerprint density at radius 3 is 2.44 bits per heavy atom. The molecule has 138 valence electrons. The van der Waals surface area contributed by atoms with Crippen LogP contribution in [0.3, 0.4) is 0 Å². The van der Waals surface area contributed by atoms with Gasteiger partial charge in [0.1, 0.15) is 11.6 Å². The quantitative estimate of drug-likeness (QED) is 0.629. The first kappa shape index (κ1) is 17.4. The number of alkyl halides is 3. The smallest absolute Gasteiger partial charge is 0.352 e. The van der Waals surface area contributed by atoms with E-state index >= 15 is 0 Å². The SMILES string of the molecule is Fc1ccc2c(c1)CCN(c1cc(C(F)(F)F)nc(-c3ccncc3)n1)C2. The number of anilines is 1. The Kier molecular flexibility index (Phi) is 4.25. The second-order valence-electron chi connectivity index (χ2n) is 6.25. The molecule has 1 aliphatic rings. The minimum Gasteiger partial charge on any atom is -0.352 e. The Labute approximate surface area is 152 Å². The van der Waals surface area contributed by atoms with E-state index in [0.29, 0.717) is 25.1 Å². The van der Waals surface area contributed by atoms with Crippen molar-refractivity contribution >= 4 is 5.82 Å². The first-order valence-electron chi connectivity index (χ1n) is 8.29. The summed E-state index contributed by atoms with van der Waals surface area (Å²) in [5.74, 6) is -0.130. The first-order chi connectivity index (χ1) is 12.9. The highest BCUT2D eigenvalue weighted by Crippen LogP contribution is 2.33. The van der Waals surface area contributed by atoms with Crippen LogP contribution in [0.25, 0.3) is 11.4 Å². The number of benzene rings is 1. The zero-order chi connectivity index (χ0) is 19.0. The maximum atomic E-state index is 13.4. The molecule has 4 nitrogen and oxygen atoms in total. The minimum absolute atomic E-state index is 0.00729. The van der Waals surface area contributed by atoms with E-state index in [1.807, 2.05) is 0 Å². The summed E-state index contributed by atoms with van der Waals surface area (Å²) in [6, 6.07) is 8.56. The standard InChI is InChI=1S/C19H14F4N4/c20-15-2-1-14-11-27(8-5-13(14)9-15)17-10-16(19(21,22)23)25-18(26-17)12-3-6-24-7-4-12/h1-4,6-7,9-10H,5,8,11H2. The number of hydrogen-bond acceptors (Lipinski definition) is 4. The molecule has 2 aromatic heterocycles. The molecule has 1 aromatic carbocycles. The molecule has 0 N–H and O–H groups in total. The topological polar surface area (TPSA) is 41.9 Å². The number of aromatic nitrogens is 3. The Bertz CT molecular complexity index is 973. The minimum atomic E-state index is -4.59. The lowest BCUT2D eigenvalue weighted by atomic mass is 9.99. The third-order valence-electron chi connectivity index (χ3n) is 4.45. The first-order valence-corrected chi connectivity index (χ1v) is 8.29. The highest BCUT2D eigenvalue weighted by Gasteiger charge is 2.34. The zero-order valence-corrected chi connectivity index (χ0v) is 14.0. The maximum Gasteiger partial charge on any atom is 0.433 e. The zero-order valence-electron chi connectivity index (χ0n) is 14.0. The van der Waals surface area contributed by atoms with Gasteiger partial charge in [-0.15, -0.1) is 0 Å². The van der Waals surface area contributed by atoms with Crippen molar-refractivity contribution in [1.29, 1.82) is 0 Å². The summed E-state index contributed by atoms with van der Waals surface area (Å²) in [7, 11) is 0. The van der Waals surface area contributed by atoms with E-state index in [1.54, 1.807) is 23.1 Å². The lowest BCUT2D eigenvalue weighted by Gasteiger charge is -2.30. The predicted octanol–water partition coefficient (Wildman–Crippen LogP) is 4.26. The fourth-order valence-electron chi connectivity index (χ4n) is 3.09. The summed E-state index contributed by atoms with van der Waals surface area (Å²) in [5.41, 5.74) is 1.20. The van der Waals surface area contributed by atoms with Crippen molar-refractivity contribution in [2.75, 3.05) is 11.4 Å². The number of pyridine rings is 1. The van der Waals surface area contributed by atoms with Gasteiger partial charge < -0.3 is 4.90 Å². The van der Waals surface area contributed by atoms with Crippen molar-refractivity contribution in [1.82, 2.24) is 15.0 Å². The molecule has 0 amide bonds. The normalized spacial score (nSPS) is 14.1. The summed E-state index contributed by atoms with van der Waals surface area (Å²) < 4.78 is 53.4. The van der Waals surface area contributed by atoms with E-state index in [1.165, 1.54) is 24.5 Å². The van der Waals surface area contributed by atoms with Crippen molar-refractivity contribution in [3.8, 4) is 11.4 Å². The fraction of sp³-hybridized carbons (Fsp3) is 0.211. The van der Waals surface area contributed by atoms with Gasteiger partial charge in [-0.1, -0.05) is 6.07 Å². The Morgan fingerprint density at radius 1 is 0.926 bits per heavy atom. The average molecular weight is 374 g/mol. The lowest BCUT2D eigenvalue weighted by molar-refractivity contribution is -0.141. The predicted molar refractivity (Wildman–Crippen MR) is 91.4 cm³/mol. The van der Waals surface area contributed by atoms with Gasteiger partial charge in [0.25, 0.3) is 0 Å². The Morgan fingerprint density at radius 2 is 1.70 bits per heavy atom. The second kappa shape index (κ2) is 6.61. The maximum absolute atomic E-state index is 13.4. The molecule has 0 fully saturated rings. The van der Waals surface area contributed by atoms with E-state index in [-0.39, 0.29) is 17.5 Å². The van der Waals surface area contributed by atoms with Crippen LogP contribution in [-0.2, 0) is 19.1 Å². The summed E-state index contributed by atoms with van der Waals surface area (Å²) >= 11 is 0. The number of rotatable bonds is 2. The molecule has 4 rings (SSSR count). The van der Waals surface area contributed by atoms with Gasteiger partial charge in [-0.3, -0.25) is 4.98 Å². The van der Waals surface area contributed by atoms with Gasteiger partial charge in [0.15, 0.2) is 11.5 Å². The van der Waals surface area contributed by atoms with Crippen molar-refractivity contribution in [2.45, 2.75) is 19.1 Å². The highest BCUT2D eigenvalue weighted by molar-refractivity contribution is 5.58. The average Bonchev–Trinajstić information content (AvgIpc) is 2.67. The van der Waals surface area contributed by atoms with Gasteiger partial charge in [0.2, 0.25) is 0 Å². The van der Waals surface area contributed by atoms with Crippen LogP contribution in [0.1, 0.15) is 16.8 Å². The molecule has 0 aliphatic carbocycles. The molecule has 8 heteroatoms. The van der Waals surface area contributed by atoms with Crippen LogP contribution in [0.15, 0.2) is 48.8 Å². The number of hydrogen-bond donors (Lipinski definition) is 0. The number of fused-ring (bicyclic) bond motifs is 1. The van der Waals surface area contributed by atoms with E-state index in [9.17, 15) is 17.6 Å². The lowest BCUT2D eigenvalue weighted by Crippen LogP contribution is -2.31. The molecule has 0 saturated heterocycles. The van der Waals surface area contributed by atoms with Gasteiger partial charge >= 0.3 is 6.18 Å². The van der Waals surface area contributed by atoms with Crippen LogP contribution < -0.4 is 4.90 Å². The Hall–Kier alpha value is -3.03. The van der Waals surface area contributed by atoms with Gasteiger partial charge in [0.05, 0.1) is 0 Å². The van der Waals surface area contributed by atoms with Gasteiger partial charge in [0, 0.05) is 37.1 Å². The molecular weight excluding hydrogens is 360 g/mol.